The van der Waals surface area contributed by atoms with Gasteiger partial charge in [-0.05, 0) is 24.6 Å². The van der Waals surface area contributed by atoms with Crippen molar-refractivity contribution in [2.24, 2.45) is 4.99 Å². The third-order valence-corrected chi connectivity index (χ3v) is 1.82. The largest absolute Gasteiger partial charge is 0.257 e. The van der Waals surface area contributed by atoms with E-state index in [-0.39, 0.29) is 0 Å². The molecule has 58 valence electrons. The van der Waals surface area contributed by atoms with Gasteiger partial charge < -0.3 is 0 Å². The van der Waals surface area contributed by atoms with E-state index in [1.165, 1.54) is 0 Å². The lowest BCUT2D eigenvalue weighted by molar-refractivity contribution is 1.11. The smallest absolute Gasteiger partial charge is 0.160 e. The number of aromatic nitrogens is 1. The Morgan fingerprint density at radius 1 is 1.50 bits per heavy atom. The predicted octanol–water partition coefficient (Wildman–Crippen LogP) is -0.0639. The summed E-state index contributed by atoms with van der Waals surface area (Å²) in [5.41, 5.74) is 2.38. The van der Waals surface area contributed by atoms with E-state index in [9.17, 15) is 0 Å². The van der Waals surface area contributed by atoms with Gasteiger partial charge in [-0.25, -0.2) is 9.98 Å². The molecule has 0 radical (unpaired) electrons. The van der Waals surface area contributed by atoms with Crippen molar-refractivity contribution in [1.29, 1.82) is 5.41 Å². The molecular formula is C9H7N3. The van der Waals surface area contributed by atoms with Crippen LogP contribution in [0.25, 0.3) is 6.08 Å². The van der Waals surface area contributed by atoms with Gasteiger partial charge in [0, 0.05) is 17.3 Å². The predicted molar refractivity (Wildman–Crippen MR) is 45.5 cm³/mol. The second-order valence-corrected chi connectivity index (χ2v) is 2.63. The highest BCUT2D eigenvalue weighted by molar-refractivity contribution is 5.70. The molecule has 3 heteroatoms. The molecule has 1 aromatic heterocycles. The minimum absolute atomic E-state index is 0.548. The van der Waals surface area contributed by atoms with E-state index in [1.807, 2.05) is 19.1 Å². The Bertz CT molecular complexity index is 493. The Morgan fingerprint density at radius 3 is 3.00 bits per heavy atom. The van der Waals surface area contributed by atoms with Crippen molar-refractivity contribution in [3.05, 3.63) is 34.2 Å². The molecule has 1 aliphatic rings. The molecule has 0 saturated heterocycles. The second kappa shape index (κ2) is 2.40. The lowest BCUT2D eigenvalue weighted by Gasteiger charge is -1.87. The van der Waals surface area contributed by atoms with Gasteiger partial charge in [0.2, 0.25) is 0 Å². The normalized spacial score (nSPS) is 12.9. The van der Waals surface area contributed by atoms with Crippen molar-refractivity contribution in [2.45, 2.75) is 6.92 Å². The first-order chi connectivity index (χ1) is 5.81. The monoisotopic (exact) mass is 157 g/mol. The first kappa shape index (κ1) is 6.95. The van der Waals surface area contributed by atoms with Gasteiger partial charge in [0.1, 0.15) is 5.70 Å². The molecule has 0 spiro atoms. The fourth-order valence-corrected chi connectivity index (χ4v) is 1.17. The number of nitrogens with zero attached hydrogens (tertiary/aromatic N) is 2. The Kier molecular flexibility index (Phi) is 1.39. The molecule has 2 rings (SSSR count). The van der Waals surface area contributed by atoms with Crippen molar-refractivity contribution in [3.63, 3.8) is 0 Å². The first-order valence-corrected chi connectivity index (χ1v) is 3.63. The van der Waals surface area contributed by atoms with E-state index in [0.717, 1.165) is 10.8 Å². The van der Waals surface area contributed by atoms with E-state index in [1.54, 1.807) is 6.20 Å². The summed E-state index contributed by atoms with van der Waals surface area (Å²) < 4.78 is 0. The minimum atomic E-state index is 0.548. The maximum Gasteiger partial charge on any atom is 0.160 e. The summed E-state index contributed by atoms with van der Waals surface area (Å²) in [5.74, 6) is 2.24. The van der Waals surface area contributed by atoms with E-state index in [0.29, 0.717) is 11.2 Å². The van der Waals surface area contributed by atoms with Crippen molar-refractivity contribution in [3.8, 4) is 0 Å². The van der Waals surface area contributed by atoms with Crippen LogP contribution in [0.2, 0.25) is 0 Å². The van der Waals surface area contributed by atoms with Gasteiger partial charge in [-0.1, -0.05) is 0 Å². The van der Waals surface area contributed by atoms with Crippen molar-refractivity contribution in [2.75, 3.05) is 0 Å². The lowest BCUT2D eigenvalue weighted by atomic mass is 10.2. The highest BCUT2D eigenvalue weighted by Gasteiger charge is 2.01. The number of hydrogen-bond acceptors (Lipinski definition) is 3. The van der Waals surface area contributed by atoms with Gasteiger partial charge in [-0.3, -0.25) is 5.41 Å². The average molecular weight is 157 g/mol. The van der Waals surface area contributed by atoms with Gasteiger partial charge in [-0.2, -0.15) is 0 Å². The number of allylic oxidation sites excluding steroid dienone is 1. The van der Waals surface area contributed by atoms with Gasteiger partial charge in [0.25, 0.3) is 0 Å². The second-order valence-electron chi connectivity index (χ2n) is 2.63. The summed E-state index contributed by atoms with van der Waals surface area (Å²) in [7, 11) is 0. The molecule has 0 saturated carbocycles. The molecule has 1 N–H and O–H groups in total. The van der Waals surface area contributed by atoms with Crippen LogP contribution >= 0.6 is 0 Å². The summed E-state index contributed by atoms with van der Waals surface area (Å²) in [5, 5.41) is 7.91. The summed E-state index contributed by atoms with van der Waals surface area (Å²) >= 11 is 0. The van der Waals surface area contributed by atoms with Crippen LogP contribution in [0.1, 0.15) is 5.56 Å². The van der Waals surface area contributed by atoms with Crippen LogP contribution in [0.15, 0.2) is 23.0 Å². The highest BCUT2D eigenvalue weighted by atomic mass is 14.9. The summed E-state index contributed by atoms with van der Waals surface area (Å²) in [4.78, 5) is 8.16. The standard InChI is InChI=1S/C9H7N3/c1-6-2-3-11-9-8(6)4-7(5-10)12-9/h2-4,10H,1H3. The molecule has 0 aliphatic carbocycles. The minimum Gasteiger partial charge on any atom is -0.257 e. The van der Waals surface area contributed by atoms with Crippen LogP contribution < -0.4 is 10.7 Å². The quantitative estimate of drug-likeness (QED) is 0.527. The van der Waals surface area contributed by atoms with Crippen LogP contribution in [0, 0.1) is 12.3 Å². The van der Waals surface area contributed by atoms with Crippen molar-refractivity contribution in [1.82, 2.24) is 4.98 Å². The zero-order chi connectivity index (χ0) is 8.55. The molecular weight excluding hydrogens is 150 g/mol. The van der Waals surface area contributed by atoms with Crippen molar-refractivity contribution < 1.29 is 0 Å². The summed E-state index contributed by atoms with van der Waals surface area (Å²) in [6.45, 7) is 2.00. The zero-order valence-corrected chi connectivity index (χ0v) is 6.63. The van der Waals surface area contributed by atoms with Crippen LogP contribution in [-0.4, -0.2) is 10.9 Å². The molecule has 1 aliphatic heterocycles. The first-order valence-electron chi connectivity index (χ1n) is 3.63. The maximum atomic E-state index is 6.91. The number of pyridine rings is 1. The molecule has 2 heterocycles. The Labute approximate surface area is 69.3 Å². The van der Waals surface area contributed by atoms with E-state index in [4.69, 9.17) is 5.41 Å². The Balaban J connectivity index is 2.94. The van der Waals surface area contributed by atoms with Crippen LogP contribution in [0.5, 0.6) is 0 Å². The highest BCUT2D eigenvalue weighted by Crippen LogP contribution is 1.95. The average Bonchev–Trinajstić information content (AvgIpc) is 2.49. The maximum absolute atomic E-state index is 6.91. The van der Waals surface area contributed by atoms with Crippen LogP contribution in [0.3, 0.4) is 0 Å². The van der Waals surface area contributed by atoms with E-state index < -0.39 is 0 Å². The van der Waals surface area contributed by atoms with Gasteiger partial charge in [-0.15, -0.1) is 0 Å². The topological polar surface area (TPSA) is 49.1 Å². The molecule has 0 amide bonds. The number of hydrogen-bond donors (Lipinski definition) is 1. The number of rotatable bonds is 0. The summed E-state index contributed by atoms with van der Waals surface area (Å²) in [6, 6.07) is 1.93. The molecule has 0 unspecified atom stereocenters. The molecule has 1 aromatic rings. The molecule has 0 atom stereocenters. The Hall–Kier alpha value is -1.73. The third-order valence-electron chi connectivity index (χ3n) is 1.82. The molecule has 0 bridgehead atoms. The van der Waals surface area contributed by atoms with Crippen molar-refractivity contribution >= 4 is 11.9 Å². The van der Waals surface area contributed by atoms with Crippen LogP contribution in [-0.2, 0) is 0 Å². The molecule has 0 aromatic carbocycles. The summed E-state index contributed by atoms with van der Waals surface area (Å²) in [6.07, 6.45) is 3.54. The zero-order valence-electron chi connectivity index (χ0n) is 6.63. The fraction of sp³-hybridized carbons (Fsp3) is 0.111. The molecule has 0 fully saturated rings. The SMILES string of the molecule is Cc1ccnc2c1=CC(=C=N)N=2. The van der Waals surface area contributed by atoms with Gasteiger partial charge >= 0.3 is 0 Å². The van der Waals surface area contributed by atoms with Gasteiger partial charge in [0.15, 0.2) is 5.49 Å². The van der Waals surface area contributed by atoms with Crippen LogP contribution in [0.4, 0.5) is 0 Å². The third kappa shape index (κ3) is 0.881. The fourth-order valence-electron chi connectivity index (χ4n) is 1.17. The number of aryl methyl sites for hydroxylation is 1. The molecule has 3 nitrogen and oxygen atoms in total. The van der Waals surface area contributed by atoms with Gasteiger partial charge in [0.05, 0.1) is 0 Å². The number of nitrogens with one attached hydrogen (secondary N) is 1. The number of fused-ring (bicyclic) bond motifs is 1. The van der Waals surface area contributed by atoms with E-state index >= 15 is 0 Å². The van der Waals surface area contributed by atoms with E-state index in [2.05, 4.69) is 15.8 Å². The molecule has 12 heavy (non-hydrogen) atoms. The Morgan fingerprint density at radius 2 is 2.33 bits per heavy atom. The lowest BCUT2D eigenvalue weighted by Crippen LogP contribution is -2.27.